The van der Waals surface area contributed by atoms with Crippen LogP contribution < -0.4 is 35.2 Å². The van der Waals surface area contributed by atoms with Crippen molar-refractivity contribution in [1.29, 1.82) is 0 Å². The molecule has 0 aliphatic carbocycles. The van der Waals surface area contributed by atoms with Crippen LogP contribution in [0.15, 0.2) is 121 Å². The second-order valence-corrected chi connectivity index (χ2v) is 30.2. The molecule has 0 aliphatic heterocycles. The van der Waals surface area contributed by atoms with E-state index in [0.29, 0.717) is 0 Å². The minimum atomic E-state index is -1.24. The molecule has 6 aromatic rings. The van der Waals surface area contributed by atoms with Gasteiger partial charge in [0.15, 0.2) is 0 Å². The Morgan fingerprint density at radius 2 is 0.818 bits per heavy atom. The second-order valence-electron chi connectivity index (χ2n) is 13.3. The summed E-state index contributed by atoms with van der Waals surface area (Å²) in [5, 5.41) is 8.63. The first-order chi connectivity index (χ1) is 19.8. The van der Waals surface area contributed by atoms with E-state index in [1.54, 1.807) is 10.4 Å². The molecule has 0 N–H and O–H groups in total. The molecule has 6 rings (SSSR count). The van der Waals surface area contributed by atoms with E-state index >= 15 is 0 Å². The van der Waals surface area contributed by atoms with Crippen molar-refractivity contribution in [3.05, 3.63) is 121 Å². The van der Waals surface area contributed by atoms with Crippen LogP contribution in [0.5, 0.6) is 0 Å². The SMILES string of the molecule is C[Si](C)(C)c1cc2c(-c3ccccc3)cccc2[cH-]1.C[Si](C)(C)c1cc2c(-c3ccccc3)cccc2[cH-]1.C[Si](C)=[Ti+2].[Cl-].[Cl-]. The zero-order valence-corrected chi connectivity index (χ0v) is 33.4. The maximum Gasteiger partial charge on any atom is -1.00 e. The quantitative estimate of drug-likeness (QED) is 0.190. The topological polar surface area (TPSA) is 0 Å². The van der Waals surface area contributed by atoms with E-state index in [9.17, 15) is 0 Å². The average Bonchev–Trinajstić information content (AvgIpc) is 3.59. The summed E-state index contributed by atoms with van der Waals surface area (Å²) in [6.45, 7) is 19.0. The summed E-state index contributed by atoms with van der Waals surface area (Å²) in [5.41, 5.74) is 5.31. The summed E-state index contributed by atoms with van der Waals surface area (Å²) in [6, 6.07) is 44.2. The van der Waals surface area contributed by atoms with Gasteiger partial charge in [-0.1, -0.05) is 123 Å². The zero-order valence-electron chi connectivity index (χ0n) is 27.3. The third kappa shape index (κ3) is 10.0. The van der Waals surface area contributed by atoms with Gasteiger partial charge in [0.25, 0.3) is 0 Å². The van der Waals surface area contributed by atoms with Crippen molar-refractivity contribution in [3.8, 4) is 22.3 Å². The minimum Gasteiger partial charge on any atom is -1.00 e. The number of halogens is 2. The summed E-state index contributed by atoms with van der Waals surface area (Å²) in [6.07, 6.45) is 0.120. The van der Waals surface area contributed by atoms with Crippen molar-refractivity contribution in [2.24, 2.45) is 0 Å². The molecule has 0 saturated carbocycles. The van der Waals surface area contributed by atoms with E-state index in [4.69, 9.17) is 0 Å². The van der Waals surface area contributed by atoms with Crippen LogP contribution in [0.1, 0.15) is 0 Å². The molecule has 0 fully saturated rings. The molecule has 0 aromatic heterocycles. The molecule has 0 unspecified atom stereocenters. The van der Waals surface area contributed by atoms with Gasteiger partial charge < -0.3 is 24.8 Å². The zero-order chi connectivity index (χ0) is 30.5. The van der Waals surface area contributed by atoms with Crippen LogP contribution in [0.3, 0.4) is 0 Å². The Bertz CT molecular complexity index is 1640. The molecule has 0 nitrogen and oxygen atoms in total. The number of benzene rings is 4. The van der Waals surface area contributed by atoms with E-state index in [1.807, 2.05) is 0 Å². The molecule has 228 valence electrons. The van der Waals surface area contributed by atoms with E-state index in [1.165, 1.54) is 43.8 Å². The summed E-state index contributed by atoms with van der Waals surface area (Å²) >= 11 is 2.27. The third-order valence-corrected chi connectivity index (χ3v) is 11.4. The Hall–Kier alpha value is -1.96. The molecule has 0 spiro atoms. The van der Waals surface area contributed by atoms with Gasteiger partial charge in [-0.15, -0.1) is 68.3 Å². The van der Waals surface area contributed by atoms with Crippen molar-refractivity contribution in [3.63, 3.8) is 0 Å². The molecule has 0 bridgehead atoms. The number of rotatable bonds is 4. The third-order valence-electron chi connectivity index (χ3n) is 7.40. The smallest absolute Gasteiger partial charge is 1.00 e. The average molecular weight is 704 g/mol. The van der Waals surface area contributed by atoms with Crippen LogP contribution in [0.4, 0.5) is 0 Å². The molecule has 6 heteroatoms. The van der Waals surface area contributed by atoms with Crippen molar-refractivity contribution in [2.45, 2.75) is 52.4 Å². The van der Waals surface area contributed by atoms with Crippen LogP contribution in [0, 0.1) is 0 Å². The van der Waals surface area contributed by atoms with Gasteiger partial charge in [0, 0.05) is 0 Å². The fraction of sp³-hybridized carbons (Fsp3) is 0.211. The van der Waals surface area contributed by atoms with Crippen LogP contribution in [0.25, 0.3) is 43.8 Å². The molecule has 0 aliphatic rings. The van der Waals surface area contributed by atoms with Gasteiger partial charge in [0.2, 0.25) is 0 Å². The predicted molar refractivity (Wildman–Crippen MR) is 193 cm³/mol. The summed E-state index contributed by atoms with van der Waals surface area (Å²) in [7, 11) is -2.48. The van der Waals surface area contributed by atoms with E-state index in [-0.39, 0.29) is 31.0 Å². The fourth-order valence-corrected chi connectivity index (χ4v) is 7.41. The van der Waals surface area contributed by atoms with Gasteiger partial charge in [0.05, 0.1) is 16.1 Å². The predicted octanol–water partition coefficient (Wildman–Crippen LogP) is 4.33. The molecule has 44 heavy (non-hydrogen) atoms. The summed E-state index contributed by atoms with van der Waals surface area (Å²) in [4.78, 5) is 0. The number of hydrogen-bond donors (Lipinski definition) is 0. The number of hydrogen-bond acceptors (Lipinski definition) is 0. The van der Waals surface area contributed by atoms with E-state index < -0.39 is 16.1 Å². The molecule has 0 amide bonds. The van der Waals surface area contributed by atoms with E-state index in [0.717, 1.165) is 0 Å². The summed E-state index contributed by atoms with van der Waals surface area (Å²) in [5.74, 6) is 0. The Morgan fingerprint density at radius 3 is 1.11 bits per heavy atom. The van der Waals surface area contributed by atoms with E-state index in [2.05, 4.69) is 193 Å². The van der Waals surface area contributed by atoms with Crippen LogP contribution in [0.2, 0.25) is 52.4 Å². The van der Waals surface area contributed by atoms with Gasteiger partial charge >= 0.3 is 38.5 Å². The van der Waals surface area contributed by atoms with Gasteiger partial charge in [0.1, 0.15) is 0 Å². The molecule has 6 aromatic carbocycles. The normalized spacial score (nSPS) is 11.0. The van der Waals surface area contributed by atoms with Gasteiger partial charge in [-0.25, -0.2) is 0 Å². The van der Waals surface area contributed by atoms with Crippen LogP contribution >= 0.6 is 0 Å². The van der Waals surface area contributed by atoms with Crippen molar-refractivity contribution in [1.82, 2.24) is 0 Å². The largest absolute Gasteiger partial charge is 1.00 e. The monoisotopic (exact) mass is 702 g/mol. The standard InChI is InChI=1S/2C18H19Si.C2H6Si.2ClH.Ti/c2*1-19(2,3)16-12-15-10-7-11-17(18(15)13-16)14-8-5-4-6-9-14;1-3-2;;;/h2*4-13H,1-3H3;1-2H3;2*1H;/q2*-1;;;;+2/p-2. The second kappa shape index (κ2) is 16.6. The molecular formula is C38H44Cl2Si3Ti-2. The van der Waals surface area contributed by atoms with Crippen molar-refractivity contribution in [2.75, 3.05) is 0 Å². The van der Waals surface area contributed by atoms with Crippen LogP contribution in [-0.4, -0.2) is 22.3 Å². The molecular weight excluding hydrogens is 659 g/mol. The van der Waals surface area contributed by atoms with Gasteiger partial charge in [-0.2, -0.15) is 12.1 Å². The van der Waals surface area contributed by atoms with Crippen LogP contribution in [-0.2, 0) is 19.2 Å². The number of fused-ring (bicyclic) bond motifs is 2. The molecule has 0 saturated heterocycles. The minimum absolute atomic E-state index is 0. The summed E-state index contributed by atoms with van der Waals surface area (Å²) < 4.78 is 0. The Labute approximate surface area is 292 Å². The molecule has 0 atom stereocenters. The van der Waals surface area contributed by atoms with Gasteiger partial charge in [-0.05, 0) is 11.1 Å². The first-order valence-corrected chi connectivity index (χ1v) is 26.7. The van der Waals surface area contributed by atoms with Gasteiger partial charge in [-0.3, -0.25) is 0 Å². The Balaban J connectivity index is 0.000000263. The molecule has 0 heterocycles. The molecule has 0 radical (unpaired) electrons. The van der Waals surface area contributed by atoms with Crippen molar-refractivity contribution >= 4 is 54.3 Å². The maximum absolute atomic E-state index is 2.41. The van der Waals surface area contributed by atoms with Crippen molar-refractivity contribution < 1.29 is 44.0 Å². The Kier molecular flexibility index (Phi) is 14.4. The maximum atomic E-state index is 2.41. The Morgan fingerprint density at radius 1 is 0.500 bits per heavy atom. The first kappa shape index (κ1) is 38.2. The first-order valence-electron chi connectivity index (χ1n) is 14.9. The fourth-order valence-electron chi connectivity index (χ4n) is 5.07.